The average molecular weight is 386 g/mol. The standard InChI is InChI=1S/C18H18N4O4S/c1-24-15-6-7-16(21-20-15)25-12-8-9-22(10-12)17(23)11-27-18-19-13-4-2-3-5-14(13)26-18/h2-7,12H,8-11H2,1H3. The van der Waals surface area contributed by atoms with E-state index in [4.69, 9.17) is 13.9 Å². The van der Waals surface area contributed by atoms with E-state index in [9.17, 15) is 4.79 Å². The summed E-state index contributed by atoms with van der Waals surface area (Å²) in [4.78, 5) is 18.6. The molecule has 3 heterocycles. The molecule has 8 nitrogen and oxygen atoms in total. The van der Waals surface area contributed by atoms with Crippen LogP contribution in [0.15, 0.2) is 46.0 Å². The maximum atomic E-state index is 12.5. The molecular weight excluding hydrogens is 368 g/mol. The van der Waals surface area contributed by atoms with Crippen LogP contribution in [0.25, 0.3) is 11.1 Å². The lowest BCUT2D eigenvalue weighted by Gasteiger charge is -2.16. The number of thioether (sulfide) groups is 1. The van der Waals surface area contributed by atoms with E-state index in [0.717, 1.165) is 17.5 Å². The van der Waals surface area contributed by atoms with Crippen LogP contribution < -0.4 is 9.47 Å². The van der Waals surface area contributed by atoms with E-state index in [1.165, 1.54) is 18.9 Å². The van der Waals surface area contributed by atoms with Crippen LogP contribution in [0, 0.1) is 0 Å². The maximum Gasteiger partial charge on any atom is 0.257 e. The number of carbonyl (C=O) groups excluding carboxylic acids is 1. The van der Waals surface area contributed by atoms with Gasteiger partial charge in [-0.25, -0.2) is 4.98 Å². The van der Waals surface area contributed by atoms with Gasteiger partial charge in [-0.15, -0.1) is 10.2 Å². The molecule has 1 aliphatic heterocycles. The van der Waals surface area contributed by atoms with Gasteiger partial charge in [0, 0.05) is 25.1 Å². The molecule has 0 radical (unpaired) electrons. The number of nitrogens with zero attached hydrogens (tertiary/aromatic N) is 4. The molecule has 0 N–H and O–H groups in total. The summed E-state index contributed by atoms with van der Waals surface area (Å²) < 4.78 is 16.4. The number of hydrogen-bond donors (Lipinski definition) is 0. The number of oxazole rings is 1. The molecule has 1 fully saturated rings. The number of ether oxygens (including phenoxy) is 2. The number of methoxy groups -OCH3 is 1. The van der Waals surface area contributed by atoms with Crippen molar-refractivity contribution >= 4 is 28.8 Å². The van der Waals surface area contributed by atoms with Crippen LogP contribution in [0.1, 0.15) is 6.42 Å². The van der Waals surface area contributed by atoms with Gasteiger partial charge in [0.25, 0.3) is 5.22 Å². The minimum Gasteiger partial charge on any atom is -0.480 e. The minimum absolute atomic E-state index is 0.0363. The minimum atomic E-state index is -0.0917. The first-order valence-electron chi connectivity index (χ1n) is 8.52. The van der Waals surface area contributed by atoms with Crippen LogP contribution in [-0.2, 0) is 4.79 Å². The van der Waals surface area contributed by atoms with Crippen molar-refractivity contribution in [3.63, 3.8) is 0 Å². The number of carbonyl (C=O) groups is 1. The van der Waals surface area contributed by atoms with Gasteiger partial charge in [-0.1, -0.05) is 23.9 Å². The maximum absolute atomic E-state index is 12.5. The fraction of sp³-hybridized carbons (Fsp3) is 0.333. The molecule has 2 aromatic heterocycles. The number of aromatic nitrogens is 3. The van der Waals surface area contributed by atoms with Crippen molar-refractivity contribution in [1.29, 1.82) is 0 Å². The van der Waals surface area contributed by atoms with E-state index >= 15 is 0 Å². The van der Waals surface area contributed by atoms with Crippen molar-refractivity contribution in [2.45, 2.75) is 17.7 Å². The highest BCUT2D eigenvalue weighted by Gasteiger charge is 2.28. The summed E-state index contributed by atoms with van der Waals surface area (Å²) in [6, 6.07) is 10.9. The molecule has 1 atom stereocenters. The van der Waals surface area contributed by atoms with Crippen molar-refractivity contribution in [3.05, 3.63) is 36.4 Å². The van der Waals surface area contributed by atoms with E-state index in [0.29, 0.717) is 30.1 Å². The lowest BCUT2D eigenvalue weighted by molar-refractivity contribution is -0.127. The predicted octanol–water partition coefficient (Wildman–Crippen LogP) is 2.40. The Hall–Kier alpha value is -2.81. The zero-order chi connectivity index (χ0) is 18.6. The van der Waals surface area contributed by atoms with Crippen LogP contribution in [0.4, 0.5) is 0 Å². The Balaban J connectivity index is 1.28. The number of benzene rings is 1. The smallest absolute Gasteiger partial charge is 0.257 e. The van der Waals surface area contributed by atoms with Gasteiger partial charge in [-0.05, 0) is 12.1 Å². The second kappa shape index (κ2) is 7.83. The molecule has 1 saturated heterocycles. The number of likely N-dealkylation sites (tertiary alicyclic amines) is 1. The summed E-state index contributed by atoms with van der Waals surface area (Å²) in [5.74, 6) is 1.17. The van der Waals surface area contributed by atoms with Crippen LogP contribution in [0.3, 0.4) is 0 Å². The number of amides is 1. The van der Waals surface area contributed by atoms with Gasteiger partial charge in [0.05, 0.1) is 19.4 Å². The lowest BCUT2D eigenvalue weighted by atomic mass is 10.3. The van der Waals surface area contributed by atoms with E-state index in [1.807, 2.05) is 24.3 Å². The van der Waals surface area contributed by atoms with Crippen molar-refractivity contribution in [1.82, 2.24) is 20.1 Å². The molecule has 1 aliphatic rings. The molecule has 9 heteroatoms. The second-order valence-corrected chi connectivity index (χ2v) is 6.94. The highest BCUT2D eigenvalue weighted by atomic mass is 32.2. The summed E-state index contributed by atoms with van der Waals surface area (Å²) in [7, 11) is 1.53. The third kappa shape index (κ3) is 4.13. The first-order valence-corrected chi connectivity index (χ1v) is 9.50. The Morgan fingerprint density at radius 3 is 2.85 bits per heavy atom. The number of rotatable bonds is 6. The molecule has 1 amide bonds. The normalized spacial score (nSPS) is 16.6. The highest BCUT2D eigenvalue weighted by Crippen LogP contribution is 2.24. The fourth-order valence-corrected chi connectivity index (χ4v) is 3.57. The zero-order valence-electron chi connectivity index (χ0n) is 14.7. The molecule has 1 unspecified atom stereocenters. The summed E-state index contributed by atoms with van der Waals surface area (Å²) in [5, 5.41) is 8.33. The SMILES string of the molecule is COc1ccc(OC2CCN(C(=O)CSc3nc4ccccc4o3)C2)nn1. The van der Waals surface area contributed by atoms with Gasteiger partial charge in [0.2, 0.25) is 17.7 Å². The third-order valence-corrected chi connectivity index (χ3v) is 5.02. The van der Waals surface area contributed by atoms with Gasteiger partial charge >= 0.3 is 0 Å². The zero-order valence-corrected chi connectivity index (χ0v) is 15.5. The van der Waals surface area contributed by atoms with E-state index < -0.39 is 0 Å². The molecule has 1 aromatic carbocycles. The third-order valence-electron chi connectivity index (χ3n) is 4.20. The molecule has 0 saturated carbocycles. The van der Waals surface area contributed by atoms with Gasteiger partial charge in [-0.2, -0.15) is 0 Å². The Kier molecular flexibility index (Phi) is 5.10. The van der Waals surface area contributed by atoms with Crippen molar-refractivity contribution in [2.24, 2.45) is 0 Å². The molecule has 4 rings (SSSR count). The topological polar surface area (TPSA) is 90.6 Å². The van der Waals surface area contributed by atoms with E-state index in [1.54, 1.807) is 17.0 Å². The lowest BCUT2D eigenvalue weighted by Crippen LogP contribution is -2.32. The van der Waals surface area contributed by atoms with Gasteiger partial charge in [0.15, 0.2) is 5.58 Å². The number of para-hydroxylation sites is 2. The largest absolute Gasteiger partial charge is 0.480 e. The monoisotopic (exact) mass is 386 g/mol. The number of hydrogen-bond acceptors (Lipinski definition) is 8. The average Bonchev–Trinajstić information content (AvgIpc) is 3.33. The Morgan fingerprint density at radius 1 is 1.26 bits per heavy atom. The van der Waals surface area contributed by atoms with Crippen LogP contribution in [0.5, 0.6) is 11.8 Å². The first-order chi connectivity index (χ1) is 13.2. The van der Waals surface area contributed by atoms with Crippen LogP contribution >= 0.6 is 11.8 Å². The van der Waals surface area contributed by atoms with Gasteiger partial charge < -0.3 is 18.8 Å². The van der Waals surface area contributed by atoms with Crippen LogP contribution in [-0.4, -0.2) is 58.0 Å². The summed E-state index contributed by atoms with van der Waals surface area (Å²) >= 11 is 1.30. The van der Waals surface area contributed by atoms with Gasteiger partial charge in [0.1, 0.15) is 11.6 Å². The Morgan fingerprint density at radius 2 is 2.07 bits per heavy atom. The van der Waals surface area contributed by atoms with E-state index in [2.05, 4.69) is 15.2 Å². The molecular formula is C18H18N4O4S. The van der Waals surface area contributed by atoms with Crippen molar-refractivity contribution in [2.75, 3.05) is 26.0 Å². The molecule has 0 spiro atoms. The predicted molar refractivity (Wildman–Crippen MR) is 98.9 cm³/mol. The molecule has 27 heavy (non-hydrogen) atoms. The molecule has 0 aliphatic carbocycles. The van der Waals surface area contributed by atoms with Crippen molar-refractivity contribution in [3.8, 4) is 11.8 Å². The summed E-state index contributed by atoms with van der Waals surface area (Å²) in [5.41, 5.74) is 1.52. The fourth-order valence-electron chi connectivity index (χ4n) is 2.83. The Labute approximate surface area is 159 Å². The molecule has 3 aromatic rings. The number of fused-ring (bicyclic) bond motifs is 1. The summed E-state index contributed by atoms with van der Waals surface area (Å²) in [6.07, 6.45) is 0.665. The molecule has 0 bridgehead atoms. The highest BCUT2D eigenvalue weighted by molar-refractivity contribution is 7.99. The van der Waals surface area contributed by atoms with Crippen molar-refractivity contribution < 1.29 is 18.7 Å². The quantitative estimate of drug-likeness (QED) is 0.597. The van der Waals surface area contributed by atoms with E-state index in [-0.39, 0.29) is 17.8 Å². The first kappa shape index (κ1) is 17.6. The van der Waals surface area contributed by atoms with Crippen LogP contribution in [0.2, 0.25) is 0 Å². The Bertz CT molecular complexity index is 898. The molecule has 140 valence electrons. The summed E-state index contributed by atoms with van der Waals surface area (Å²) in [6.45, 7) is 1.18. The van der Waals surface area contributed by atoms with Gasteiger partial charge in [-0.3, -0.25) is 4.79 Å². The second-order valence-electron chi connectivity index (χ2n) is 6.02.